The third-order valence-electron chi connectivity index (χ3n) is 1.17. The maximum Gasteiger partial charge on any atom is 0.673 e. The summed E-state index contributed by atoms with van der Waals surface area (Å²) in [5.41, 5.74) is 0.999. The van der Waals surface area contributed by atoms with Crippen molar-refractivity contribution in [3.63, 3.8) is 0 Å². The first-order chi connectivity index (χ1) is 6.79. The first-order valence-corrected chi connectivity index (χ1v) is 4.00. The van der Waals surface area contributed by atoms with Crippen LogP contribution >= 0.6 is 0 Å². The Labute approximate surface area is 84.0 Å². The highest BCUT2D eigenvalue weighted by Gasteiger charge is 2.20. The van der Waals surface area contributed by atoms with E-state index in [0.29, 0.717) is 6.42 Å². The lowest BCUT2D eigenvalue weighted by molar-refractivity contribution is -0.116. The van der Waals surface area contributed by atoms with Gasteiger partial charge in [0.1, 0.15) is 5.78 Å². The molecule has 2 nitrogen and oxygen atoms in total. The van der Waals surface area contributed by atoms with Crippen LogP contribution < -0.4 is 0 Å². The smallest absolute Gasteiger partial charge is 0.418 e. The minimum atomic E-state index is -6.00. The lowest BCUT2D eigenvalue weighted by Crippen LogP contribution is -2.02. The Bertz CT molecular complexity index is 293. The maximum absolute atomic E-state index is 10.6. The molecule has 0 aliphatic heterocycles. The average Bonchev–Trinajstić information content (AvgIpc) is 2.01. The highest BCUT2D eigenvalue weighted by Crippen LogP contribution is 2.06. The van der Waals surface area contributed by atoms with Crippen LogP contribution in [-0.4, -0.2) is 13.0 Å². The van der Waals surface area contributed by atoms with Crippen LogP contribution in [0, 0.1) is 0 Å². The fraction of sp³-hybridized carbons (Fsp3) is 0.250. The molecule has 1 aromatic heterocycles. The minimum Gasteiger partial charge on any atom is -0.418 e. The van der Waals surface area contributed by atoms with Crippen molar-refractivity contribution in [3.05, 3.63) is 30.2 Å². The molecule has 0 saturated heterocycles. The maximum atomic E-state index is 10.6. The van der Waals surface area contributed by atoms with Crippen LogP contribution in [0.1, 0.15) is 12.5 Å². The fourth-order valence-electron chi connectivity index (χ4n) is 0.760. The van der Waals surface area contributed by atoms with E-state index >= 15 is 0 Å². The van der Waals surface area contributed by atoms with Crippen LogP contribution in [0.25, 0.3) is 0 Å². The molecule has 7 heteroatoms. The number of ketones is 1. The molecule has 0 saturated carbocycles. The van der Waals surface area contributed by atoms with Crippen molar-refractivity contribution in [2.45, 2.75) is 13.3 Å². The molecule has 0 bridgehead atoms. The van der Waals surface area contributed by atoms with Gasteiger partial charge in [-0.05, 0) is 12.5 Å². The van der Waals surface area contributed by atoms with Gasteiger partial charge in [0, 0.05) is 18.6 Å². The van der Waals surface area contributed by atoms with Crippen LogP contribution in [0.3, 0.4) is 0 Å². The van der Waals surface area contributed by atoms with Crippen LogP contribution in [0.15, 0.2) is 29.1 Å². The lowest BCUT2D eigenvalue weighted by atomic mass is 10.1. The molecule has 0 fully saturated rings. The molecule has 0 aliphatic carbocycles. The fourth-order valence-corrected chi connectivity index (χ4v) is 0.760. The van der Waals surface area contributed by atoms with E-state index in [2.05, 4.69) is 0 Å². The van der Waals surface area contributed by atoms with Crippen molar-refractivity contribution in [2.24, 2.45) is 0 Å². The molecular formula is C8H9BF4O2. The van der Waals surface area contributed by atoms with Crippen molar-refractivity contribution in [1.82, 2.24) is 0 Å². The Hall–Kier alpha value is -1.40. The molecule has 1 aromatic rings. The van der Waals surface area contributed by atoms with Gasteiger partial charge in [-0.1, -0.05) is 0 Å². The van der Waals surface area contributed by atoms with Crippen molar-refractivity contribution >= 4 is 13.0 Å². The van der Waals surface area contributed by atoms with Gasteiger partial charge >= 0.3 is 19.8 Å². The Balaban J connectivity index is 0.000000336. The molecule has 84 valence electrons. The number of Topliss-reactive ketones (excluding diaryl/α,β-unsaturated/α-hetero) is 1. The van der Waals surface area contributed by atoms with Gasteiger partial charge in [-0.3, -0.25) is 4.79 Å². The minimum absolute atomic E-state index is 0.172. The monoisotopic (exact) mass is 224 g/mol. The molecule has 0 aliphatic rings. The Morgan fingerprint density at radius 3 is 2.00 bits per heavy atom. The summed E-state index contributed by atoms with van der Waals surface area (Å²) < 4.78 is 43.8. The van der Waals surface area contributed by atoms with Gasteiger partial charge in [-0.15, -0.1) is 0 Å². The van der Waals surface area contributed by atoms with Gasteiger partial charge in [0.05, 0.1) is 0 Å². The van der Waals surface area contributed by atoms with Gasteiger partial charge < -0.3 is 17.3 Å². The first-order valence-electron chi connectivity index (χ1n) is 4.00. The largest absolute Gasteiger partial charge is 0.673 e. The van der Waals surface area contributed by atoms with E-state index in [9.17, 15) is 22.1 Å². The molecule has 0 radical (unpaired) electrons. The van der Waals surface area contributed by atoms with Crippen molar-refractivity contribution < 1.29 is 26.5 Å². The summed E-state index contributed by atoms with van der Waals surface area (Å²) in [5.74, 6) is 0.172. The Kier molecular flexibility index (Phi) is 5.58. The molecule has 0 N–H and O–H groups in total. The number of hydrogen-bond donors (Lipinski definition) is 0. The summed E-state index contributed by atoms with van der Waals surface area (Å²) in [4.78, 5) is 10.6. The van der Waals surface area contributed by atoms with Crippen molar-refractivity contribution in [1.29, 1.82) is 0 Å². The molecule has 0 unspecified atom stereocenters. The summed E-state index contributed by atoms with van der Waals surface area (Å²) in [6, 6.07) is 3.59. The quantitative estimate of drug-likeness (QED) is 0.438. The van der Waals surface area contributed by atoms with E-state index in [1.807, 2.05) is 0 Å². The van der Waals surface area contributed by atoms with E-state index in [-0.39, 0.29) is 5.78 Å². The van der Waals surface area contributed by atoms with Gasteiger partial charge in [0.15, 0.2) is 0 Å². The summed E-state index contributed by atoms with van der Waals surface area (Å²) >= 11 is 0. The number of hydrogen-bond acceptors (Lipinski definition) is 1. The van der Waals surface area contributed by atoms with Gasteiger partial charge in [0.25, 0.3) is 0 Å². The number of rotatable bonds is 2. The lowest BCUT2D eigenvalue weighted by Gasteiger charge is -1.94. The number of carbonyl (C=O) groups is 1. The zero-order valence-electron chi connectivity index (χ0n) is 7.92. The van der Waals surface area contributed by atoms with Gasteiger partial charge in [0.2, 0.25) is 0 Å². The van der Waals surface area contributed by atoms with Gasteiger partial charge in [-0.25, -0.2) is 4.42 Å². The van der Waals surface area contributed by atoms with Crippen molar-refractivity contribution in [3.8, 4) is 0 Å². The molecule has 0 amide bonds. The van der Waals surface area contributed by atoms with Crippen LogP contribution in [0.4, 0.5) is 17.3 Å². The molecular weight excluding hydrogens is 215 g/mol. The summed E-state index contributed by atoms with van der Waals surface area (Å²) in [6.07, 6.45) is 3.63. The highest BCUT2D eigenvalue weighted by atomic mass is 19.5. The number of carbonyl (C=O) groups excluding carboxylic acids is 1. The molecule has 15 heavy (non-hydrogen) atoms. The summed E-state index contributed by atoms with van der Waals surface area (Å²) in [6.45, 7) is 1.57. The Morgan fingerprint density at radius 2 is 1.67 bits per heavy atom. The SMILES string of the molecule is CC(=O)Cc1cc[o+]cc1.F[B-](F)(F)F. The van der Waals surface area contributed by atoms with E-state index in [1.54, 1.807) is 31.6 Å². The third-order valence-corrected chi connectivity index (χ3v) is 1.17. The predicted molar refractivity (Wildman–Crippen MR) is 47.7 cm³/mol. The first kappa shape index (κ1) is 13.6. The molecule has 0 atom stereocenters. The zero-order chi connectivity index (χ0) is 11.9. The van der Waals surface area contributed by atoms with E-state index in [1.165, 1.54) is 0 Å². The predicted octanol–water partition coefficient (Wildman–Crippen LogP) is 2.99. The second-order valence-electron chi connectivity index (χ2n) is 2.69. The summed E-state index contributed by atoms with van der Waals surface area (Å²) in [5, 5.41) is 0. The normalized spacial score (nSPS) is 10.2. The Morgan fingerprint density at radius 1 is 1.27 bits per heavy atom. The zero-order valence-corrected chi connectivity index (χ0v) is 7.92. The van der Waals surface area contributed by atoms with E-state index < -0.39 is 7.25 Å². The van der Waals surface area contributed by atoms with E-state index in [4.69, 9.17) is 4.42 Å². The second kappa shape index (κ2) is 6.16. The third kappa shape index (κ3) is 12.6. The highest BCUT2D eigenvalue weighted by molar-refractivity contribution is 6.50. The van der Waals surface area contributed by atoms with Crippen molar-refractivity contribution in [2.75, 3.05) is 0 Å². The average molecular weight is 224 g/mol. The molecule has 1 rings (SSSR count). The number of halogens is 4. The van der Waals surface area contributed by atoms with E-state index in [0.717, 1.165) is 5.56 Å². The standard InChI is InChI=1S/C8H9O2.BF4/c1-7(9)6-8-2-4-10-5-3-8;2-1(3,4)5/h2-5H,6H2,1H3;/q+1;-1. The van der Waals surface area contributed by atoms with Crippen LogP contribution in [-0.2, 0) is 11.2 Å². The molecule has 0 aromatic carbocycles. The van der Waals surface area contributed by atoms with Gasteiger partial charge in [-0.2, -0.15) is 0 Å². The molecule has 1 heterocycles. The van der Waals surface area contributed by atoms with Crippen LogP contribution in [0.5, 0.6) is 0 Å². The van der Waals surface area contributed by atoms with Crippen LogP contribution in [0.2, 0.25) is 0 Å². The second-order valence-corrected chi connectivity index (χ2v) is 2.69. The summed E-state index contributed by atoms with van der Waals surface area (Å²) in [7, 11) is -6.00. The topological polar surface area (TPSA) is 28.4 Å². The molecule has 0 spiro atoms.